The van der Waals surface area contributed by atoms with Crippen LogP contribution in [0.1, 0.15) is 63.7 Å². The molecule has 138 valence electrons. The molecule has 0 N–H and O–H groups in total. The molecule has 6 nitrogen and oxygen atoms in total. The number of aryl methyl sites for hydroxylation is 1. The number of hydrogen-bond acceptors (Lipinski definition) is 5. The van der Waals surface area contributed by atoms with E-state index in [1.54, 1.807) is 12.4 Å². The van der Waals surface area contributed by atoms with Gasteiger partial charge in [-0.15, -0.1) is 0 Å². The van der Waals surface area contributed by atoms with Crippen molar-refractivity contribution in [2.24, 2.45) is 0 Å². The molecule has 1 amide bonds. The number of rotatable bonds is 6. The summed E-state index contributed by atoms with van der Waals surface area (Å²) < 4.78 is 5.34. The highest BCUT2D eigenvalue weighted by Gasteiger charge is 2.33. The SMILES string of the molecule is O=C(CCc1nc(-c2cccnc2)no1)N(C1CCCC1)C1CCCC1. The molecule has 6 heteroatoms. The Hall–Kier alpha value is -2.24. The lowest BCUT2D eigenvalue weighted by molar-refractivity contribution is -0.136. The Morgan fingerprint density at radius 3 is 2.42 bits per heavy atom. The van der Waals surface area contributed by atoms with Gasteiger partial charge in [-0.1, -0.05) is 30.8 Å². The third kappa shape index (κ3) is 3.79. The molecule has 0 spiro atoms. The standard InChI is InChI=1S/C20H26N4O2/c25-19(24(16-7-1-2-8-16)17-9-3-4-10-17)12-11-18-22-20(23-26-18)15-6-5-13-21-14-15/h5-6,13-14,16-17H,1-4,7-12H2. The van der Waals surface area contributed by atoms with Crippen molar-refractivity contribution >= 4 is 5.91 Å². The van der Waals surface area contributed by atoms with Gasteiger partial charge in [-0.25, -0.2) is 0 Å². The van der Waals surface area contributed by atoms with Gasteiger partial charge in [0, 0.05) is 42.9 Å². The van der Waals surface area contributed by atoms with E-state index in [1.807, 2.05) is 12.1 Å². The van der Waals surface area contributed by atoms with Crippen LogP contribution in [0.25, 0.3) is 11.4 Å². The van der Waals surface area contributed by atoms with Gasteiger partial charge >= 0.3 is 0 Å². The van der Waals surface area contributed by atoms with Crippen LogP contribution >= 0.6 is 0 Å². The van der Waals surface area contributed by atoms with Crippen LogP contribution in [0, 0.1) is 0 Å². The first-order valence-electron chi connectivity index (χ1n) is 9.85. The molecule has 0 atom stereocenters. The van der Waals surface area contributed by atoms with Gasteiger partial charge in [-0.05, 0) is 37.8 Å². The van der Waals surface area contributed by atoms with E-state index in [0.717, 1.165) is 31.2 Å². The third-order valence-corrected chi connectivity index (χ3v) is 5.66. The van der Waals surface area contributed by atoms with Crippen molar-refractivity contribution in [2.45, 2.75) is 76.3 Å². The predicted molar refractivity (Wildman–Crippen MR) is 97.2 cm³/mol. The Labute approximate surface area is 154 Å². The first-order valence-corrected chi connectivity index (χ1v) is 9.85. The summed E-state index contributed by atoms with van der Waals surface area (Å²) in [6.45, 7) is 0. The maximum atomic E-state index is 13.0. The zero-order chi connectivity index (χ0) is 17.8. The number of hydrogen-bond donors (Lipinski definition) is 0. The second-order valence-corrected chi connectivity index (χ2v) is 7.43. The van der Waals surface area contributed by atoms with Crippen molar-refractivity contribution in [3.63, 3.8) is 0 Å². The smallest absolute Gasteiger partial charge is 0.227 e. The zero-order valence-corrected chi connectivity index (χ0v) is 15.1. The average molecular weight is 354 g/mol. The molecular formula is C20H26N4O2. The van der Waals surface area contributed by atoms with Gasteiger partial charge in [0.2, 0.25) is 17.6 Å². The summed E-state index contributed by atoms with van der Waals surface area (Å²) in [5, 5.41) is 4.01. The van der Waals surface area contributed by atoms with Crippen LogP contribution in [-0.2, 0) is 11.2 Å². The third-order valence-electron chi connectivity index (χ3n) is 5.66. The first kappa shape index (κ1) is 17.2. The van der Waals surface area contributed by atoms with Gasteiger partial charge in [0.1, 0.15) is 0 Å². The van der Waals surface area contributed by atoms with Gasteiger partial charge < -0.3 is 9.42 Å². The monoisotopic (exact) mass is 354 g/mol. The van der Waals surface area contributed by atoms with Gasteiger partial charge in [0.15, 0.2) is 0 Å². The fraction of sp³-hybridized carbons (Fsp3) is 0.600. The van der Waals surface area contributed by atoms with E-state index in [-0.39, 0.29) is 5.91 Å². The number of aromatic nitrogens is 3. The number of amides is 1. The highest BCUT2D eigenvalue weighted by Crippen LogP contribution is 2.32. The largest absolute Gasteiger partial charge is 0.339 e. The van der Waals surface area contributed by atoms with Gasteiger partial charge in [-0.2, -0.15) is 4.98 Å². The van der Waals surface area contributed by atoms with Crippen LogP contribution < -0.4 is 0 Å². The Balaban J connectivity index is 1.39. The van der Waals surface area contributed by atoms with Crippen LogP contribution in [0.4, 0.5) is 0 Å². The van der Waals surface area contributed by atoms with E-state index in [0.29, 0.717) is 36.6 Å². The molecule has 0 aliphatic heterocycles. The Morgan fingerprint density at radius 1 is 1.12 bits per heavy atom. The molecule has 0 bridgehead atoms. The van der Waals surface area contributed by atoms with Crippen LogP contribution in [0.3, 0.4) is 0 Å². The topological polar surface area (TPSA) is 72.1 Å². The molecule has 2 fully saturated rings. The van der Waals surface area contributed by atoms with E-state index in [2.05, 4.69) is 20.0 Å². The van der Waals surface area contributed by atoms with Crippen molar-refractivity contribution in [1.29, 1.82) is 0 Å². The van der Waals surface area contributed by atoms with Gasteiger partial charge in [-0.3, -0.25) is 9.78 Å². The minimum absolute atomic E-state index is 0.255. The molecule has 2 aliphatic rings. The van der Waals surface area contributed by atoms with Crippen LogP contribution in [0.15, 0.2) is 29.0 Å². The lowest BCUT2D eigenvalue weighted by atomic mass is 10.1. The number of pyridine rings is 1. The second kappa shape index (κ2) is 7.98. The van der Waals surface area contributed by atoms with Crippen molar-refractivity contribution in [1.82, 2.24) is 20.0 Å². The van der Waals surface area contributed by atoms with Crippen molar-refractivity contribution in [3.05, 3.63) is 30.4 Å². The minimum atomic E-state index is 0.255. The molecule has 0 radical (unpaired) electrons. The van der Waals surface area contributed by atoms with Crippen molar-refractivity contribution in [3.8, 4) is 11.4 Å². The summed E-state index contributed by atoms with van der Waals surface area (Å²) in [7, 11) is 0. The Morgan fingerprint density at radius 2 is 1.81 bits per heavy atom. The summed E-state index contributed by atoms with van der Waals surface area (Å²) in [5.74, 6) is 1.31. The Bertz CT molecular complexity index is 702. The van der Waals surface area contributed by atoms with Crippen molar-refractivity contribution < 1.29 is 9.32 Å². The Kier molecular flexibility index (Phi) is 5.27. The molecule has 4 rings (SSSR count). The lowest BCUT2D eigenvalue weighted by Gasteiger charge is -2.34. The minimum Gasteiger partial charge on any atom is -0.339 e. The molecule has 2 heterocycles. The van der Waals surface area contributed by atoms with Gasteiger partial charge in [0.05, 0.1) is 0 Å². The normalized spacial score (nSPS) is 18.5. The summed E-state index contributed by atoms with van der Waals surface area (Å²) >= 11 is 0. The lowest BCUT2D eigenvalue weighted by Crippen LogP contribution is -2.45. The highest BCUT2D eigenvalue weighted by molar-refractivity contribution is 5.77. The molecule has 0 aromatic carbocycles. The molecular weight excluding hydrogens is 328 g/mol. The van der Waals surface area contributed by atoms with Crippen molar-refractivity contribution in [2.75, 3.05) is 0 Å². The molecule has 26 heavy (non-hydrogen) atoms. The summed E-state index contributed by atoms with van der Waals surface area (Å²) in [6, 6.07) is 4.63. The second-order valence-electron chi connectivity index (χ2n) is 7.43. The predicted octanol–water partition coefficient (Wildman–Crippen LogP) is 3.78. The van der Waals surface area contributed by atoms with E-state index >= 15 is 0 Å². The summed E-state index contributed by atoms with van der Waals surface area (Å²) in [6.07, 6.45) is 14.0. The van der Waals surface area contributed by atoms with Gasteiger partial charge in [0.25, 0.3) is 0 Å². The number of carbonyl (C=O) groups is 1. The van der Waals surface area contributed by atoms with Crippen LogP contribution in [0.2, 0.25) is 0 Å². The van der Waals surface area contributed by atoms with Crippen LogP contribution in [0.5, 0.6) is 0 Å². The molecule has 2 aliphatic carbocycles. The molecule has 2 saturated carbocycles. The summed E-state index contributed by atoms with van der Waals surface area (Å²) in [5.41, 5.74) is 0.826. The maximum Gasteiger partial charge on any atom is 0.227 e. The molecule has 0 saturated heterocycles. The number of carbonyl (C=O) groups excluding carboxylic acids is 1. The van der Waals surface area contributed by atoms with E-state index in [4.69, 9.17) is 4.52 Å². The fourth-order valence-corrected chi connectivity index (χ4v) is 4.38. The van der Waals surface area contributed by atoms with E-state index in [9.17, 15) is 4.79 Å². The zero-order valence-electron chi connectivity index (χ0n) is 15.1. The summed E-state index contributed by atoms with van der Waals surface area (Å²) in [4.78, 5) is 23.7. The molecule has 2 aromatic heterocycles. The highest BCUT2D eigenvalue weighted by atomic mass is 16.5. The first-order chi connectivity index (χ1) is 12.8. The van der Waals surface area contributed by atoms with Crippen LogP contribution in [-0.4, -0.2) is 38.0 Å². The fourth-order valence-electron chi connectivity index (χ4n) is 4.38. The molecule has 2 aromatic rings. The average Bonchev–Trinajstić information content (AvgIpc) is 3.44. The molecule has 0 unspecified atom stereocenters. The quantitative estimate of drug-likeness (QED) is 0.789. The van der Waals surface area contributed by atoms with E-state index in [1.165, 1.54) is 25.7 Å². The maximum absolute atomic E-state index is 13.0. The van der Waals surface area contributed by atoms with E-state index < -0.39 is 0 Å². The number of nitrogens with zero attached hydrogens (tertiary/aromatic N) is 4.